The summed E-state index contributed by atoms with van der Waals surface area (Å²) in [4.78, 5) is 17.6. The van der Waals surface area contributed by atoms with Gasteiger partial charge in [0, 0.05) is 45.5 Å². The molecule has 2 rings (SSSR count). The number of amides is 1. The van der Waals surface area contributed by atoms with Gasteiger partial charge in [-0.1, -0.05) is 0 Å². The number of nitrogens with one attached hydrogen (secondary N) is 1. The number of nitrogens with zero attached hydrogens (tertiary/aromatic N) is 3. The van der Waals surface area contributed by atoms with Gasteiger partial charge in [-0.15, -0.1) is 0 Å². The number of rotatable bonds is 6. The Bertz CT molecular complexity index is 635. The van der Waals surface area contributed by atoms with Gasteiger partial charge in [-0.05, 0) is 12.1 Å². The normalized spacial score (nSPS) is 21.7. The van der Waals surface area contributed by atoms with Gasteiger partial charge < -0.3 is 15.3 Å². The Morgan fingerprint density at radius 2 is 2.22 bits per heavy atom. The van der Waals surface area contributed by atoms with Crippen LogP contribution in [0.5, 0.6) is 0 Å². The molecule has 1 aromatic rings. The molecule has 1 aliphatic heterocycles. The van der Waals surface area contributed by atoms with Crippen molar-refractivity contribution in [3.05, 3.63) is 24.5 Å². The summed E-state index contributed by atoms with van der Waals surface area (Å²) in [5.74, 6) is -0.816. The summed E-state index contributed by atoms with van der Waals surface area (Å²) in [6, 6.07) is 3.56. The second kappa shape index (κ2) is 7.24. The number of anilines is 1. The first-order valence-corrected chi connectivity index (χ1v) is 8.90. The number of hydrogen-bond donors (Lipinski definition) is 2. The molecule has 8 nitrogen and oxygen atoms in total. The van der Waals surface area contributed by atoms with Crippen molar-refractivity contribution < 1.29 is 18.3 Å². The van der Waals surface area contributed by atoms with E-state index in [-0.39, 0.29) is 31.3 Å². The standard InChI is InChI=1S/C14H22N4O4S/c1-17(2)23(21,22)10-11-8-18(9-13(11)19)14(20)7-16-12-4-3-5-15-6-12/h3-6,11,13,16,19H,7-10H2,1-2H3/t11-,13+/m0/s1. The molecule has 1 saturated heterocycles. The van der Waals surface area contributed by atoms with E-state index in [1.807, 2.05) is 0 Å². The molecule has 1 amide bonds. The van der Waals surface area contributed by atoms with Crippen LogP contribution in [0.2, 0.25) is 0 Å². The molecule has 1 fully saturated rings. The first-order chi connectivity index (χ1) is 10.8. The molecule has 9 heteroatoms. The molecular weight excluding hydrogens is 320 g/mol. The molecule has 128 valence electrons. The van der Waals surface area contributed by atoms with Crippen LogP contribution in [0, 0.1) is 5.92 Å². The van der Waals surface area contributed by atoms with Crippen LogP contribution < -0.4 is 5.32 Å². The van der Waals surface area contributed by atoms with Crippen LogP contribution in [-0.4, -0.2) is 79.2 Å². The summed E-state index contributed by atoms with van der Waals surface area (Å²) in [7, 11) is -0.496. The van der Waals surface area contributed by atoms with Crippen molar-refractivity contribution in [2.75, 3.05) is 44.8 Å². The molecule has 2 heterocycles. The van der Waals surface area contributed by atoms with Gasteiger partial charge in [0.2, 0.25) is 15.9 Å². The summed E-state index contributed by atoms with van der Waals surface area (Å²) < 4.78 is 25.0. The number of carbonyl (C=O) groups excluding carboxylic acids is 1. The summed E-state index contributed by atoms with van der Waals surface area (Å²) in [6.45, 7) is 0.467. The van der Waals surface area contributed by atoms with E-state index in [1.165, 1.54) is 19.0 Å². The van der Waals surface area contributed by atoms with Crippen LogP contribution in [0.3, 0.4) is 0 Å². The monoisotopic (exact) mass is 342 g/mol. The molecule has 0 aromatic carbocycles. The van der Waals surface area contributed by atoms with E-state index in [0.717, 1.165) is 9.99 Å². The lowest BCUT2D eigenvalue weighted by Crippen LogP contribution is -2.35. The predicted molar refractivity (Wildman–Crippen MR) is 86.3 cm³/mol. The fourth-order valence-electron chi connectivity index (χ4n) is 2.40. The second-order valence-corrected chi connectivity index (χ2v) is 8.01. The number of sulfonamides is 1. The first-order valence-electron chi connectivity index (χ1n) is 7.29. The second-order valence-electron chi connectivity index (χ2n) is 5.78. The number of carbonyl (C=O) groups is 1. The fourth-order valence-corrected chi connectivity index (χ4v) is 3.56. The van der Waals surface area contributed by atoms with E-state index in [0.29, 0.717) is 0 Å². The lowest BCUT2D eigenvalue weighted by Gasteiger charge is -2.18. The molecule has 0 saturated carbocycles. The van der Waals surface area contributed by atoms with Crippen molar-refractivity contribution in [3.8, 4) is 0 Å². The molecule has 23 heavy (non-hydrogen) atoms. The molecule has 0 bridgehead atoms. The topological polar surface area (TPSA) is 103 Å². The lowest BCUT2D eigenvalue weighted by molar-refractivity contribution is -0.128. The van der Waals surface area contributed by atoms with E-state index >= 15 is 0 Å². The number of β-amino-alcohol motifs (C(OH)–C–C–N with tert-alkyl or cyclic N) is 1. The Balaban J connectivity index is 1.89. The van der Waals surface area contributed by atoms with E-state index in [9.17, 15) is 18.3 Å². The van der Waals surface area contributed by atoms with E-state index in [2.05, 4.69) is 10.3 Å². The van der Waals surface area contributed by atoms with Crippen molar-refractivity contribution >= 4 is 21.6 Å². The van der Waals surface area contributed by atoms with Crippen LogP contribution in [0.15, 0.2) is 24.5 Å². The summed E-state index contributed by atoms with van der Waals surface area (Å²) in [6.07, 6.45) is 2.42. The van der Waals surface area contributed by atoms with Crippen molar-refractivity contribution in [1.29, 1.82) is 0 Å². The third-order valence-corrected chi connectivity index (χ3v) is 5.81. The molecule has 2 N–H and O–H groups in total. The van der Waals surface area contributed by atoms with Gasteiger partial charge in [0.25, 0.3) is 0 Å². The highest BCUT2D eigenvalue weighted by Gasteiger charge is 2.37. The quantitative estimate of drug-likeness (QED) is 0.702. The molecule has 0 spiro atoms. The number of likely N-dealkylation sites (tertiary alicyclic amines) is 1. The smallest absolute Gasteiger partial charge is 0.241 e. The Labute approximate surface area is 136 Å². The van der Waals surface area contributed by atoms with Gasteiger partial charge in [-0.25, -0.2) is 12.7 Å². The average molecular weight is 342 g/mol. The number of aliphatic hydroxyl groups excluding tert-OH is 1. The van der Waals surface area contributed by atoms with Crippen molar-refractivity contribution in [3.63, 3.8) is 0 Å². The minimum absolute atomic E-state index is 0.0750. The maximum absolute atomic E-state index is 12.2. The highest BCUT2D eigenvalue weighted by Crippen LogP contribution is 2.20. The van der Waals surface area contributed by atoms with E-state index in [4.69, 9.17) is 0 Å². The molecule has 0 unspecified atom stereocenters. The van der Waals surface area contributed by atoms with Gasteiger partial charge in [0.05, 0.1) is 24.1 Å². The van der Waals surface area contributed by atoms with Crippen molar-refractivity contribution in [2.24, 2.45) is 5.92 Å². The number of aromatic nitrogens is 1. The lowest BCUT2D eigenvalue weighted by atomic mass is 10.1. The van der Waals surface area contributed by atoms with Crippen molar-refractivity contribution in [2.45, 2.75) is 6.10 Å². The highest BCUT2D eigenvalue weighted by atomic mass is 32.2. The maximum Gasteiger partial charge on any atom is 0.241 e. The molecule has 0 radical (unpaired) electrons. The zero-order valence-electron chi connectivity index (χ0n) is 13.2. The summed E-state index contributed by atoms with van der Waals surface area (Å²) >= 11 is 0. The molecule has 0 aliphatic carbocycles. The van der Waals surface area contributed by atoms with Gasteiger partial charge in [0.1, 0.15) is 0 Å². The molecular formula is C14H22N4O4S. The Hall–Kier alpha value is -1.71. The Kier molecular flexibility index (Phi) is 5.55. The molecule has 1 aromatic heterocycles. The van der Waals surface area contributed by atoms with Gasteiger partial charge in [0.15, 0.2) is 0 Å². The Morgan fingerprint density at radius 1 is 1.48 bits per heavy atom. The number of hydrogen-bond acceptors (Lipinski definition) is 6. The average Bonchev–Trinajstić information content (AvgIpc) is 2.86. The minimum Gasteiger partial charge on any atom is -0.391 e. The number of pyridine rings is 1. The zero-order chi connectivity index (χ0) is 17.0. The van der Waals surface area contributed by atoms with E-state index in [1.54, 1.807) is 24.5 Å². The SMILES string of the molecule is CN(C)S(=O)(=O)C[C@@H]1CN(C(=O)CNc2cccnc2)C[C@H]1O. The van der Waals surface area contributed by atoms with Crippen molar-refractivity contribution in [1.82, 2.24) is 14.2 Å². The predicted octanol–water partition coefficient (Wildman–Crippen LogP) is -0.796. The fraction of sp³-hybridized carbons (Fsp3) is 0.571. The third-order valence-electron chi connectivity index (χ3n) is 3.85. The third kappa shape index (κ3) is 4.63. The molecule has 2 atom stereocenters. The largest absolute Gasteiger partial charge is 0.391 e. The highest BCUT2D eigenvalue weighted by molar-refractivity contribution is 7.89. The van der Waals surface area contributed by atoms with Crippen LogP contribution in [0.25, 0.3) is 0 Å². The molecule has 1 aliphatic rings. The minimum atomic E-state index is -3.41. The summed E-state index contributed by atoms with van der Waals surface area (Å²) in [5, 5.41) is 13.0. The van der Waals surface area contributed by atoms with Crippen LogP contribution in [-0.2, 0) is 14.8 Å². The van der Waals surface area contributed by atoms with Gasteiger partial charge in [-0.3, -0.25) is 9.78 Å². The first kappa shape index (κ1) is 17.6. The van der Waals surface area contributed by atoms with Gasteiger partial charge in [-0.2, -0.15) is 0 Å². The van der Waals surface area contributed by atoms with Gasteiger partial charge >= 0.3 is 0 Å². The number of aliphatic hydroxyl groups is 1. The zero-order valence-corrected chi connectivity index (χ0v) is 14.0. The van der Waals surface area contributed by atoms with Crippen LogP contribution >= 0.6 is 0 Å². The van der Waals surface area contributed by atoms with Crippen LogP contribution in [0.1, 0.15) is 0 Å². The Morgan fingerprint density at radius 3 is 2.83 bits per heavy atom. The van der Waals surface area contributed by atoms with E-state index < -0.39 is 22.0 Å². The summed E-state index contributed by atoms with van der Waals surface area (Å²) in [5.41, 5.74) is 0.729. The van der Waals surface area contributed by atoms with Crippen LogP contribution in [0.4, 0.5) is 5.69 Å². The maximum atomic E-state index is 12.2.